The van der Waals surface area contributed by atoms with Crippen LogP contribution in [0.25, 0.3) is 5.57 Å². The van der Waals surface area contributed by atoms with E-state index in [-0.39, 0.29) is 5.97 Å². The molecule has 2 nitrogen and oxygen atoms in total. The second kappa shape index (κ2) is 7.37. The number of unbranched alkanes of at least 4 members (excludes halogenated alkanes) is 1. The molecule has 1 rings (SSSR count). The van der Waals surface area contributed by atoms with Gasteiger partial charge in [-0.25, -0.2) is 4.79 Å². The van der Waals surface area contributed by atoms with Crippen LogP contribution in [0.15, 0.2) is 34.3 Å². The zero-order valence-corrected chi connectivity index (χ0v) is 12.7. The van der Waals surface area contributed by atoms with Crippen molar-refractivity contribution in [3.63, 3.8) is 0 Å². The monoisotopic (exact) mass is 310 g/mol. The Morgan fingerprint density at radius 3 is 2.67 bits per heavy atom. The van der Waals surface area contributed by atoms with Gasteiger partial charge in [0.1, 0.15) is 0 Å². The Hall–Kier alpha value is -1.09. The summed E-state index contributed by atoms with van der Waals surface area (Å²) in [7, 11) is 0. The van der Waals surface area contributed by atoms with Crippen molar-refractivity contribution in [1.29, 1.82) is 0 Å². The normalized spacial score (nSPS) is 12.0. The lowest BCUT2D eigenvalue weighted by molar-refractivity contribution is -0.139. The molecule has 0 atom stereocenters. The lowest BCUT2D eigenvalue weighted by Gasteiger charge is -2.09. The van der Waals surface area contributed by atoms with Crippen molar-refractivity contribution in [2.45, 2.75) is 33.6 Å². The molecule has 0 saturated heterocycles. The van der Waals surface area contributed by atoms with Crippen LogP contribution in [0.4, 0.5) is 0 Å². The Balaban J connectivity index is 2.81. The standard InChI is InChI=1S/C15H19BrO2/c1-4-5-9-18-15(17)12(3)11(2)13-7-6-8-14(16)10-13/h6-8,10H,4-5,9H2,1-3H3/b12-11-. The first-order chi connectivity index (χ1) is 8.56. The number of allylic oxidation sites excluding steroid dienone is 1. The highest BCUT2D eigenvalue weighted by Gasteiger charge is 2.10. The van der Waals surface area contributed by atoms with E-state index in [9.17, 15) is 4.79 Å². The van der Waals surface area contributed by atoms with Crippen molar-refractivity contribution in [2.24, 2.45) is 0 Å². The Kier molecular flexibility index (Phi) is 6.13. The van der Waals surface area contributed by atoms with Gasteiger partial charge in [0.15, 0.2) is 0 Å². The number of rotatable bonds is 5. The van der Waals surface area contributed by atoms with E-state index in [0.29, 0.717) is 12.2 Å². The zero-order chi connectivity index (χ0) is 13.5. The predicted molar refractivity (Wildman–Crippen MR) is 78.3 cm³/mol. The largest absolute Gasteiger partial charge is 0.462 e. The van der Waals surface area contributed by atoms with Gasteiger partial charge in [-0.15, -0.1) is 0 Å². The average Bonchev–Trinajstić information content (AvgIpc) is 2.37. The lowest BCUT2D eigenvalue weighted by atomic mass is 10.0. The molecular formula is C15H19BrO2. The third-order valence-electron chi connectivity index (χ3n) is 2.86. The molecule has 0 heterocycles. The molecule has 0 bridgehead atoms. The quantitative estimate of drug-likeness (QED) is 0.452. The van der Waals surface area contributed by atoms with Gasteiger partial charge in [0.25, 0.3) is 0 Å². The second-order valence-electron chi connectivity index (χ2n) is 4.25. The summed E-state index contributed by atoms with van der Waals surface area (Å²) in [4.78, 5) is 11.8. The van der Waals surface area contributed by atoms with Crippen molar-refractivity contribution >= 4 is 27.5 Å². The Labute approximate surface area is 117 Å². The summed E-state index contributed by atoms with van der Waals surface area (Å²) >= 11 is 3.43. The molecule has 0 fully saturated rings. The van der Waals surface area contributed by atoms with Gasteiger partial charge in [0.2, 0.25) is 0 Å². The highest BCUT2D eigenvalue weighted by atomic mass is 79.9. The van der Waals surface area contributed by atoms with E-state index in [4.69, 9.17) is 4.74 Å². The van der Waals surface area contributed by atoms with E-state index in [2.05, 4.69) is 22.9 Å². The van der Waals surface area contributed by atoms with Crippen molar-refractivity contribution < 1.29 is 9.53 Å². The van der Waals surface area contributed by atoms with Gasteiger partial charge in [-0.3, -0.25) is 0 Å². The van der Waals surface area contributed by atoms with Gasteiger partial charge in [-0.05, 0) is 43.5 Å². The second-order valence-corrected chi connectivity index (χ2v) is 5.17. The number of benzene rings is 1. The molecule has 1 aromatic carbocycles. The zero-order valence-electron chi connectivity index (χ0n) is 11.1. The third kappa shape index (κ3) is 4.30. The first-order valence-corrected chi connectivity index (χ1v) is 6.96. The molecule has 0 aliphatic heterocycles. The Morgan fingerprint density at radius 1 is 1.33 bits per heavy atom. The topological polar surface area (TPSA) is 26.3 Å². The van der Waals surface area contributed by atoms with Gasteiger partial charge < -0.3 is 4.74 Å². The highest BCUT2D eigenvalue weighted by molar-refractivity contribution is 9.10. The molecule has 0 amide bonds. The van der Waals surface area contributed by atoms with Crippen LogP contribution in [0.5, 0.6) is 0 Å². The van der Waals surface area contributed by atoms with Crippen LogP contribution in [-0.4, -0.2) is 12.6 Å². The molecule has 98 valence electrons. The summed E-state index contributed by atoms with van der Waals surface area (Å²) in [6, 6.07) is 7.91. The van der Waals surface area contributed by atoms with Crippen molar-refractivity contribution in [2.75, 3.05) is 6.61 Å². The summed E-state index contributed by atoms with van der Waals surface area (Å²) in [6.45, 7) is 6.32. The SMILES string of the molecule is CCCCOC(=O)/C(C)=C(/C)c1cccc(Br)c1. The fourth-order valence-corrected chi connectivity index (χ4v) is 1.91. The van der Waals surface area contributed by atoms with Gasteiger partial charge in [-0.1, -0.05) is 41.4 Å². The maximum Gasteiger partial charge on any atom is 0.333 e. The van der Waals surface area contributed by atoms with E-state index < -0.39 is 0 Å². The van der Waals surface area contributed by atoms with E-state index in [0.717, 1.165) is 28.5 Å². The summed E-state index contributed by atoms with van der Waals surface area (Å²) in [6.07, 6.45) is 1.94. The average molecular weight is 311 g/mol. The number of esters is 1. The fourth-order valence-electron chi connectivity index (χ4n) is 1.51. The van der Waals surface area contributed by atoms with Crippen molar-refractivity contribution in [1.82, 2.24) is 0 Å². The van der Waals surface area contributed by atoms with Gasteiger partial charge in [-0.2, -0.15) is 0 Å². The minimum absolute atomic E-state index is 0.221. The maximum absolute atomic E-state index is 11.8. The number of hydrogen-bond donors (Lipinski definition) is 0. The van der Waals surface area contributed by atoms with E-state index in [1.807, 2.05) is 38.1 Å². The summed E-state index contributed by atoms with van der Waals surface area (Å²) in [5, 5.41) is 0. The number of halogens is 1. The van der Waals surface area contributed by atoms with Gasteiger partial charge in [0.05, 0.1) is 6.61 Å². The third-order valence-corrected chi connectivity index (χ3v) is 3.35. The molecule has 18 heavy (non-hydrogen) atoms. The summed E-state index contributed by atoms with van der Waals surface area (Å²) in [5.74, 6) is -0.221. The van der Waals surface area contributed by atoms with E-state index in [1.54, 1.807) is 0 Å². The summed E-state index contributed by atoms with van der Waals surface area (Å²) < 4.78 is 6.21. The van der Waals surface area contributed by atoms with Crippen LogP contribution >= 0.6 is 15.9 Å². The molecule has 0 radical (unpaired) electrons. The minimum atomic E-state index is -0.221. The van der Waals surface area contributed by atoms with E-state index >= 15 is 0 Å². The molecule has 0 saturated carbocycles. The molecule has 0 aliphatic rings. The smallest absolute Gasteiger partial charge is 0.333 e. The molecule has 3 heteroatoms. The van der Waals surface area contributed by atoms with Crippen LogP contribution in [0.1, 0.15) is 39.2 Å². The van der Waals surface area contributed by atoms with Crippen molar-refractivity contribution in [3.8, 4) is 0 Å². The molecule has 1 aromatic rings. The van der Waals surface area contributed by atoms with E-state index in [1.165, 1.54) is 0 Å². The van der Waals surface area contributed by atoms with Crippen LogP contribution in [-0.2, 0) is 9.53 Å². The van der Waals surface area contributed by atoms with Crippen LogP contribution in [0.3, 0.4) is 0 Å². The minimum Gasteiger partial charge on any atom is -0.462 e. The molecule has 0 aromatic heterocycles. The first kappa shape index (κ1) is 15.0. The van der Waals surface area contributed by atoms with Gasteiger partial charge in [0, 0.05) is 10.0 Å². The van der Waals surface area contributed by atoms with Crippen LogP contribution in [0, 0.1) is 0 Å². The molecule has 0 unspecified atom stereocenters. The van der Waals surface area contributed by atoms with Crippen LogP contribution < -0.4 is 0 Å². The highest BCUT2D eigenvalue weighted by Crippen LogP contribution is 2.22. The number of hydrogen-bond acceptors (Lipinski definition) is 2. The molecule has 0 N–H and O–H groups in total. The lowest BCUT2D eigenvalue weighted by Crippen LogP contribution is -2.08. The number of carbonyl (C=O) groups excluding carboxylic acids is 1. The molecular weight excluding hydrogens is 292 g/mol. The maximum atomic E-state index is 11.8. The van der Waals surface area contributed by atoms with Gasteiger partial charge >= 0.3 is 5.97 Å². The first-order valence-electron chi connectivity index (χ1n) is 6.16. The Morgan fingerprint density at radius 2 is 2.06 bits per heavy atom. The number of carbonyl (C=O) groups is 1. The molecule has 0 aliphatic carbocycles. The van der Waals surface area contributed by atoms with Crippen molar-refractivity contribution in [3.05, 3.63) is 39.9 Å². The Bertz CT molecular complexity index is 450. The predicted octanol–water partition coefficient (Wildman–Crippen LogP) is 4.59. The summed E-state index contributed by atoms with van der Waals surface area (Å²) in [5.41, 5.74) is 2.66. The van der Waals surface area contributed by atoms with Crippen LogP contribution in [0.2, 0.25) is 0 Å². The molecule has 0 spiro atoms. The number of ether oxygens (including phenoxy) is 1. The fraction of sp³-hybridized carbons (Fsp3) is 0.400.